The van der Waals surface area contributed by atoms with Gasteiger partial charge in [0.25, 0.3) is 5.91 Å². The van der Waals surface area contributed by atoms with Crippen LogP contribution in [0, 0.1) is 0 Å². The van der Waals surface area contributed by atoms with E-state index in [1.54, 1.807) is 0 Å². The van der Waals surface area contributed by atoms with E-state index in [9.17, 15) is 4.79 Å². The number of hydrogen-bond donors (Lipinski definition) is 1. The van der Waals surface area contributed by atoms with Gasteiger partial charge in [-0.1, -0.05) is 15.9 Å². The number of nitrogens with one attached hydrogen (secondary N) is 1. The molecular weight excluding hydrogens is 279 g/mol. The first kappa shape index (κ1) is 12.6. The van der Waals surface area contributed by atoms with E-state index in [0.29, 0.717) is 11.6 Å². The van der Waals surface area contributed by atoms with Crippen molar-refractivity contribution in [2.24, 2.45) is 0 Å². The largest absolute Gasteiger partial charge is 0.351 e. The van der Waals surface area contributed by atoms with Crippen LogP contribution >= 0.6 is 15.9 Å². The summed E-state index contributed by atoms with van der Waals surface area (Å²) in [5.74, 6) is 0.0119. The van der Waals surface area contributed by atoms with Crippen molar-refractivity contribution in [3.63, 3.8) is 0 Å². The van der Waals surface area contributed by atoms with Gasteiger partial charge in [-0.15, -0.1) is 0 Å². The van der Waals surface area contributed by atoms with Gasteiger partial charge in [-0.05, 0) is 43.7 Å². The number of carbonyl (C=O) groups excluding carboxylic acids is 1. The molecule has 0 unspecified atom stereocenters. The molecule has 1 aromatic carbocycles. The summed E-state index contributed by atoms with van der Waals surface area (Å²) in [5.41, 5.74) is 0.717. The summed E-state index contributed by atoms with van der Waals surface area (Å²) in [4.78, 5) is 14.2. The van der Waals surface area contributed by atoms with Crippen LogP contribution in [-0.2, 0) is 0 Å². The van der Waals surface area contributed by atoms with Gasteiger partial charge < -0.3 is 10.1 Å². The highest BCUT2D eigenvalue weighted by molar-refractivity contribution is 9.10. The van der Waals surface area contributed by atoms with Gasteiger partial charge in [0.05, 0.1) is 0 Å². The number of halogens is 1. The molecule has 3 nitrogen and oxygen atoms in total. The van der Waals surface area contributed by atoms with Gasteiger partial charge in [-0.3, -0.25) is 4.79 Å². The predicted octanol–water partition coefficient (Wildman–Crippen LogP) is 1.19. The minimum absolute atomic E-state index is 0.0119. The molecule has 17 heavy (non-hydrogen) atoms. The van der Waals surface area contributed by atoms with Crippen molar-refractivity contribution >= 4 is 29.8 Å². The molecule has 2 rings (SSSR count). The van der Waals surface area contributed by atoms with Crippen LogP contribution in [0.15, 0.2) is 28.7 Å². The Morgan fingerprint density at radius 2 is 2.18 bits per heavy atom. The highest BCUT2D eigenvalue weighted by Crippen LogP contribution is 2.14. The second kappa shape index (κ2) is 5.69. The van der Waals surface area contributed by atoms with Crippen LogP contribution in [0.5, 0.6) is 0 Å². The fourth-order valence-electron chi connectivity index (χ4n) is 2.15. The molecule has 90 valence electrons. The lowest BCUT2D eigenvalue weighted by Gasteiger charge is -2.20. The molecule has 0 saturated carbocycles. The molecule has 1 saturated heterocycles. The van der Waals surface area contributed by atoms with E-state index < -0.39 is 0 Å². The first-order valence-corrected chi connectivity index (χ1v) is 6.70. The van der Waals surface area contributed by atoms with Crippen LogP contribution in [0.1, 0.15) is 23.2 Å². The number of benzene rings is 1. The summed E-state index contributed by atoms with van der Waals surface area (Å²) in [6, 6.07) is 7.93. The van der Waals surface area contributed by atoms with E-state index in [0.717, 1.165) is 17.6 Å². The minimum atomic E-state index is 0.0119. The molecule has 1 aliphatic heterocycles. The molecule has 0 spiro atoms. The van der Waals surface area contributed by atoms with Gasteiger partial charge in [0.1, 0.15) is 0 Å². The topological polar surface area (TPSA) is 32.3 Å². The summed E-state index contributed by atoms with van der Waals surface area (Å²) in [7, 11) is 2.11. The first-order chi connectivity index (χ1) is 8.16. The number of carbonyl (C=O) groups is 1. The summed E-state index contributed by atoms with van der Waals surface area (Å²) in [6.07, 6.45) is 2.41. The maximum Gasteiger partial charge on any atom is 0.251 e. The van der Waals surface area contributed by atoms with E-state index in [-0.39, 0.29) is 5.91 Å². The Morgan fingerprint density at radius 3 is 2.76 bits per heavy atom. The summed E-state index contributed by atoms with van der Waals surface area (Å²) in [5, 5.41) is 2.99. The van der Waals surface area contributed by atoms with Crippen molar-refractivity contribution < 1.29 is 4.79 Å². The number of rotatable bonds is 3. The lowest BCUT2D eigenvalue weighted by Crippen LogP contribution is -2.38. The average molecular weight is 295 g/mol. The summed E-state index contributed by atoms with van der Waals surface area (Å²) >= 11 is 3.36. The Bertz CT molecular complexity index is 396. The number of amides is 1. The van der Waals surface area contributed by atoms with Crippen LogP contribution in [0.25, 0.3) is 0 Å². The second-order valence-electron chi connectivity index (χ2n) is 4.49. The Hall–Kier alpha value is -0.805. The van der Waals surface area contributed by atoms with Gasteiger partial charge in [-0.25, -0.2) is 0 Å². The Kier molecular flexibility index (Phi) is 4.23. The molecular formula is C12H16BBrN2O. The van der Waals surface area contributed by atoms with Crippen LogP contribution in [0.3, 0.4) is 0 Å². The van der Waals surface area contributed by atoms with Gasteiger partial charge in [-0.2, -0.15) is 0 Å². The van der Waals surface area contributed by atoms with E-state index in [4.69, 9.17) is 0 Å². The van der Waals surface area contributed by atoms with Crippen LogP contribution < -0.4 is 5.32 Å². The summed E-state index contributed by atoms with van der Waals surface area (Å²) < 4.78 is 0.990. The van der Waals surface area contributed by atoms with Crippen molar-refractivity contribution in [1.29, 1.82) is 0 Å². The zero-order valence-electron chi connectivity index (χ0n) is 9.95. The van der Waals surface area contributed by atoms with Gasteiger partial charge in [0, 0.05) is 22.6 Å². The van der Waals surface area contributed by atoms with Gasteiger partial charge in [0.15, 0.2) is 7.98 Å². The number of nitrogens with zero attached hydrogens (tertiary/aromatic N) is 1. The van der Waals surface area contributed by atoms with Gasteiger partial charge in [0.2, 0.25) is 0 Å². The minimum Gasteiger partial charge on any atom is -0.351 e. The quantitative estimate of drug-likeness (QED) is 0.850. The van der Waals surface area contributed by atoms with Crippen LogP contribution in [-0.4, -0.2) is 37.8 Å². The van der Waals surface area contributed by atoms with E-state index in [1.165, 1.54) is 12.8 Å². The normalized spacial score (nSPS) is 20.4. The predicted molar refractivity (Wildman–Crippen MR) is 74.7 cm³/mol. The molecule has 1 amide bonds. The van der Waals surface area contributed by atoms with Crippen LogP contribution in [0.4, 0.5) is 0 Å². The van der Waals surface area contributed by atoms with Crippen molar-refractivity contribution in [2.75, 3.05) is 13.1 Å². The van der Waals surface area contributed by atoms with Crippen molar-refractivity contribution in [1.82, 2.24) is 10.1 Å². The average Bonchev–Trinajstić information content (AvgIpc) is 2.73. The highest BCUT2D eigenvalue weighted by atomic mass is 79.9. The van der Waals surface area contributed by atoms with Crippen molar-refractivity contribution in [3.8, 4) is 0 Å². The third-order valence-electron chi connectivity index (χ3n) is 3.28. The fraction of sp³-hybridized carbons (Fsp3) is 0.417. The fourth-order valence-corrected chi connectivity index (χ4v) is 2.42. The van der Waals surface area contributed by atoms with Crippen molar-refractivity contribution in [3.05, 3.63) is 34.3 Å². The SMILES string of the molecule is BN1CCC[C@H]1CNC(=O)c1ccc(Br)cc1. The van der Waals surface area contributed by atoms with Crippen molar-refractivity contribution in [2.45, 2.75) is 18.9 Å². The molecule has 0 aromatic heterocycles. The zero-order chi connectivity index (χ0) is 12.3. The molecule has 0 bridgehead atoms. The van der Waals surface area contributed by atoms with E-state index in [1.807, 2.05) is 24.3 Å². The second-order valence-corrected chi connectivity index (χ2v) is 5.41. The number of hydrogen-bond acceptors (Lipinski definition) is 2. The standard InChI is InChI=1S/C12H16BBrN2O/c13-16-7-1-2-11(16)8-15-12(17)9-3-5-10(14)6-4-9/h3-6,11H,1-2,7-8,13H2,(H,15,17)/t11-/m0/s1. The lowest BCUT2D eigenvalue weighted by molar-refractivity contribution is 0.0947. The third-order valence-corrected chi connectivity index (χ3v) is 3.80. The molecule has 0 radical (unpaired) electrons. The van der Waals surface area contributed by atoms with Gasteiger partial charge >= 0.3 is 0 Å². The molecule has 1 N–H and O–H groups in total. The lowest BCUT2D eigenvalue weighted by atomic mass is 10.1. The molecule has 1 aliphatic rings. The smallest absolute Gasteiger partial charge is 0.251 e. The molecule has 0 aliphatic carbocycles. The molecule has 1 atom stereocenters. The first-order valence-electron chi connectivity index (χ1n) is 5.91. The maximum atomic E-state index is 11.9. The van der Waals surface area contributed by atoms with E-state index >= 15 is 0 Å². The third kappa shape index (κ3) is 3.33. The van der Waals surface area contributed by atoms with E-state index in [2.05, 4.69) is 34.0 Å². The van der Waals surface area contributed by atoms with Crippen LogP contribution in [0.2, 0.25) is 0 Å². The molecule has 1 heterocycles. The molecule has 1 aromatic rings. The Balaban J connectivity index is 1.87. The maximum absolute atomic E-state index is 11.9. The Labute approximate surface area is 111 Å². The molecule has 5 heteroatoms. The highest BCUT2D eigenvalue weighted by Gasteiger charge is 2.20. The Morgan fingerprint density at radius 1 is 1.47 bits per heavy atom. The zero-order valence-corrected chi connectivity index (χ0v) is 11.5. The monoisotopic (exact) mass is 294 g/mol. The molecule has 1 fully saturated rings. The summed E-state index contributed by atoms with van der Waals surface area (Å²) in [6.45, 7) is 1.88.